The van der Waals surface area contributed by atoms with E-state index in [1.54, 1.807) is 19.1 Å². The Morgan fingerprint density at radius 3 is 2.72 bits per heavy atom. The Morgan fingerprint density at radius 1 is 1.28 bits per heavy atom. The topological polar surface area (TPSA) is 111 Å². The van der Waals surface area contributed by atoms with E-state index in [-0.39, 0.29) is 10.8 Å². The van der Waals surface area contributed by atoms with Gasteiger partial charge in [-0.25, -0.2) is 18.1 Å². The van der Waals surface area contributed by atoms with Crippen molar-refractivity contribution in [1.82, 2.24) is 15.2 Å². The Kier molecular flexibility index (Phi) is 3.11. The summed E-state index contributed by atoms with van der Waals surface area (Å²) in [7, 11) is -3.76. The van der Waals surface area contributed by atoms with E-state index in [9.17, 15) is 8.42 Å². The van der Waals surface area contributed by atoms with Crippen molar-refractivity contribution in [3.8, 4) is 0 Å². The lowest BCUT2D eigenvalue weighted by Crippen LogP contribution is -2.16. The molecule has 94 valence electrons. The van der Waals surface area contributed by atoms with E-state index in [4.69, 9.17) is 5.73 Å². The number of hydrogen-bond donors (Lipinski definition) is 2. The second-order valence-electron chi connectivity index (χ2n) is 3.54. The molecule has 0 radical (unpaired) electrons. The SMILES string of the molecule is Cc1c(N)cccc1S(=O)(=O)Nc1nccnn1. The molecule has 0 fully saturated rings. The van der Waals surface area contributed by atoms with Crippen molar-refractivity contribution in [3.05, 3.63) is 36.2 Å². The number of sulfonamides is 1. The molecule has 8 heteroatoms. The molecular formula is C10H11N5O2S. The highest BCUT2D eigenvalue weighted by molar-refractivity contribution is 7.92. The van der Waals surface area contributed by atoms with E-state index < -0.39 is 10.0 Å². The fourth-order valence-electron chi connectivity index (χ4n) is 1.39. The molecule has 1 aromatic carbocycles. The Hall–Kier alpha value is -2.22. The molecule has 0 aliphatic heterocycles. The minimum Gasteiger partial charge on any atom is -0.398 e. The van der Waals surface area contributed by atoms with Crippen molar-refractivity contribution in [2.75, 3.05) is 10.5 Å². The van der Waals surface area contributed by atoms with Crippen molar-refractivity contribution in [1.29, 1.82) is 0 Å². The van der Waals surface area contributed by atoms with E-state index >= 15 is 0 Å². The molecule has 1 heterocycles. The lowest BCUT2D eigenvalue weighted by Gasteiger charge is -2.09. The Balaban J connectivity index is 2.41. The molecule has 0 saturated heterocycles. The highest BCUT2D eigenvalue weighted by atomic mass is 32.2. The monoisotopic (exact) mass is 265 g/mol. The van der Waals surface area contributed by atoms with Gasteiger partial charge in [0.15, 0.2) is 0 Å². The fraction of sp³-hybridized carbons (Fsp3) is 0.100. The van der Waals surface area contributed by atoms with Crippen LogP contribution in [0.15, 0.2) is 35.5 Å². The number of aromatic nitrogens is 3. The molecule has 7 nitrogen and oxygen atoms in total. The molecule has 0 aliphatic rings. The fourth-order valence-corrected chi connectivity index (χ4v) is 2.61. The summed E-state index contributed by atoms with van der Waals surface area (Å²) in [5.74, 6) is -0.0840. The van der Waals surface area contributed by atoms with Crippen LogP contribution in [-0.4, -0.2) is 23.6 Å². The molecule has 2 rings (SSSR count). The number of rotatable bonds is 3. The predicted octanol–water partition coefficient (Wildman–Crippen LogP) is 0.563. The van der Waals surface area contributed by atoms with Crippen molar-refractivity contribution >= 4 is 21.7 Å². The van der Waals surface area contributed by atoms with Crippen LogP contribution < -0.4 is 10.5 Å². The zero-order valence-corrected chi connectivity index (χ0v) is 10.3. The molecule has 0 atom stereocenters. The van der Waals surface area contributed by atoms with Gasteiger partial charge in [0.2, 0.25) is 0 Å². The average molecular weight is 265 g/mol. The van der Waals surface area contributed by atoms with Gasteiger partial charge in [-0.1, -0.05) is 6.07 Å². The zero-order valence-electron chi connectivity index (χ0n) is 9.53. The van der Waals surface area contributed by atoms with Gasteiger partial charge in [0.25, 0.3) is 16.0 Å². The van der Waals surface area contributed by atoms with Crippen LogP contribution in [0.4, 0.5) is 11.6 Å². The first-order valence-electron chi connectivity index (χ1n) is 5.02. The number of anilines is 2. The van der Waals surface area contributed by atoms with Gasteiger partial charge in [0.05, 0.1) is 17.3 Å². The smallest absolute Gasteiger partial charge is 0.264 e. The van der Waals surface area contributed by atoms with Gasteiger partial charge >= 0.3 is 0 Å². The molecule has 0 unspecified atom stereocenters. The molecular weight excluding hydrogens is 254 g/mol. The molecule has 3 N–H and O–H groups in total. The van der Waals surface area contributed by atoms with Gasteiger partial charge in [-0.05, 0) is 24.6 Å². The van der Waals surface area contributed by atoms with E-state index in [0.717, 1.165) is 0 Å². The van der Waals surface area contributed by atoms with Crippen LogP contribution in [-0.2, 0) is 10.0 Å². The third kappa shape index (κ3) is 2.38. The standard InChI is InChI=1S/C10H11N5O2S/c1-7-8(11)3-2-4-9(7)18(16,17)15-10-12-5-6-13-14-10/h2-6H,11H2,1H3,(H,12,14,15). The molecule has 18 heavy (non-hydrogen) atoms. The summed E-state index contributed by atoms with van der Waals surface area (Å²) in [6, 6.07) is 4.67. The van der Waals surface area contributed by atoms with Crippen LogP contribution in [0.25, 0.3) is 0 Å². The molecule has 0 amide bonds. The quantitative estimate of drug-likeness (QED) is 0.784. The highest BCUT2D eigenvalue weighted by Gasteiger charge is 2.19. The van der Waals surface area contributed by atoms with E-state index in [1.807, 2.05) is 0 Å². The second kappa shape index (κ2) is 4.57. The number of nitrogens with one attached hydrogen (secondary N) is 1. The molecule has 0 saturated carbocycles. The van der Waals surface area contributed by atoms with Gasteiger partial charge in [-0.3, -0.25) is 0 Å². The van der Waals surface area contributed by atoms with Crippen LogP contribution in [0.5, 0.6) is 0 Å². The number of nitrogen functional groups attached to an aromatic ring is 1. The van der Waals surface area contributed by atoms with Crippen LogP contribution >= 0.6 is 0 Å². The first kappa shape index (κ1) is 12.2. The maximum Gasteiger partial charge on any atom is 0.264 e. The lowest BCUT2D eigenvalue weighted by molar-refractivity contribution is 0.600. The molecule has 2 aromatic rings. The predicted molar refractivity (Wildman–Crippen MR) is 66.2 cm³/mol. The Labute approximate surface area is 104 Å². The summed E-state index contributed by atoms with van der Waals surface area (Å²) in [6.07, 6.45) is 2.70. The van der Waals surface area contributed by atoms with Gasteiger partial charge in [0, 0.05) is 5.69 Å². The Bertz CT molecular complexity index is 657. The van der Waals surface area contributed by atoms with Crippen LogP contribution in [0.2, 0.25) is 0 Å². The zero-order chi connectivity index (χ0) is 13.2. The molecule has 0 bridgehead atoms. The largest absolute Gasteiger partial charge is 0.398 e. The van der Waals surface area contributed by atoms with Gasteiger partial charge in [-0.2, -0.15) is 5.10 Å². The summed E-state index contributed by atoms with van der Waals surface area (Å²) in [4.78, 5) is 3.84. The lowest BCUT2D eigenvalue weighted by atomic mass is 10.2. The second-order valence-corrected chi connectivity index (χ2v) is 5.19. The summed E-state index contributed by atoms with van der Waals surface area (Å²) in [5.41, 5.74) is 6.56. The summed E-state index contributed by atoms with van der Waals surface area (Å²) >= 11 is 0. The van der Waals surface area contributed by atoms with E-state index in [0.29, 0.717) is 11.3 Å². The van der Waals surface area contributed by atoms with Crippen molar-refractivity contribution in [2.24, 2.45) is 0 Å². The summed E-state index contributed by atoms with van der Waals surface area (Å²) < 4.78 is 26.4. The third-order valence-corrected chi connectivity index (χ3v) is 3.80. The first-order chi connectivity index (χ1) is 8.50. The van der Waals surface area contributed by atoms with Gasteiger partial charge < -0.3 is 5.73 Å². The highest BCUT2D eigenvalue weighted by Crippen LogP contribution is 2.21. The number of nitrogens with two attached hydrogens (primary N) is 1. The van der Waals surface area contributed by atoms with Crippen LogP contribution in [0.3, 0.4) is 0 Å². The number of benzene rings is 1. The van der Waals surface area contributed by atoms with E-state index in [2.05, 4.69) is 19.9 Å². The minimum absolute atomic E-state index is 0.0840. The third-order valence-electron chi connectivity index (χ3n) is 2.32. The van der Waals surface area contributed by atoms with Crippen molar-refractivity contribution in [2.45, 2.75) is 11.8 Å². The number of hydrogen-bond acceptors (Lipinski definition) is 6. The van der Waals surface area contributed by atoms with Crippen molar-refractivity contribution in [3.63, 3.8) is 0 Å². The molecule has 0 aliphatic carbocycles. The normalized spacial score (nSPS) is 11.2. The van der Waals surface area contributed by atoms with E-state index in [1.165, 1.54) is 18.5 Å². The van der Waals surface area contributed by atoms with Crippen LogP contribution in [0, 0.1) is 6.92 Å². The Morgan fingerprint density at radius 2 is 2.06 bits per heavy atom. The maximum atomic E-state index is 12.1. The molecule has 0 spiro atoms. The first-order valence-corrected chi connectivity index (χ1v) is 6.50. The number of nitrogens with zero attached hydrogens (tertiary/aromatic N) is 3. The van der Waals surface area contributed by atoms with Gasteiger partial charge in [0.1, 0.15) is 0 Å². The molecule has 1 aromatic heterocycles. The van der Waals surface area contributed by atoms with Crippen molar-refractivity contribution < 1.29 is 8.42 Å². The summed E-state index contributed by atoms with van der Waals surface area (Å²) in [5, 5.41) is 7.10. The summed E-state index contributed by atoms with van der Waals surface area (Å²) in [6.45, 7) is 1.63. The maximum absolute atomic E-state index is 12.1. The van der Waals surface area contributed by atoms with Gasteiger partial charge in [-0.15, -0.1) is 5.10 Å². The van der Waals surface area contributed by atoms with Crippen LogP contribution in [0.1, 0.15) is 5.56 Å². The minimum atomic E-state index is -3.76. The average Bonchev–Trinajstić information content (AvgIpc) is 2.33.